The SMILES string of the molecule is Cc1cc(C)cc(NC(=O)CC(=O)NCc2ccc(F)cc2)c1. The minimum absolute atomic E-state index is 0.256. The Kier molecular flexibility index (Phi) is 5.46. The van der Waals surface area contributed by atoms with E-state index in [0.717, 1.165) is 16.7 Å². The van der Waals surface area contributed by atoms with E-state index < -0.39 is 0 Å². The number of carbonyl (C=O) groups is 2. The van der Waals surface area contributed by atoms with Crippen LogP contribution >= 0.6 is 0 Å². The summed E-state index contributed by atoms with van der Waals surface area (Å²) >= 11 is 0. The van der Waals surface area contributed by atoms with Crippen LogP contribution in [0.2, 0.25) is 0 Å². The van der Waals surface area contributed by atoms with Gasteiger partial charge in [-0.2, -0.15) is 0 Å². The van der Waals surface area contributed by atoms with E-state index in [0.29, 0.717) is 5.69 Å². The first kappa shape index (κ1) is 16.7. The van der Waals surface area contributed by atoms with Crippen molar-refractivity contribution in [2.75, 3.05) is 5.32 Å². The molecule has 0 heterocycles. The number of carbonyl (C=O) groups excluding carboxylic acids is 2. The van der Waals surface area contributed by atoms with Crippen LogP contribution in [0.1, 0.15) is 23.1 Å². The number of rotatable bonds is 5. The van der Waals surface area contributed by atoms with Gasteiger partial charge in [0.1, 0.15) is 12.2 Å². The van der Waals surface area contributed by atoms with Crippen molar-refractivity contribution in [3.8, 4) is 0 Å². The molecule has 0 aromatic heterocycles. The summed E-state index contributed by atoms with van der Waals surface area (Å²) in [5, 5.41) is 5.35. The first-order valence-electron chi connectivity index (χ1n) is 7.31. The fourth-order valence-electron chi connectivity index (χ4n) is 2.26. The highest BCUT2D eigenvalue weighted by molar-refractivity contribution is 6.03. The molecule has 5 heteroatoms. The molecule has 23 heavy (non-hydrogen) atoms. The molecule has 0 fully saturated rings. The van der Waals surface area contributed by atoms with Gasteiger partial charge in [0.15, 0.2) is 0 Å². The van der Waals surface area contributed by atoms with Gasteiger partial charge in [0.05, 0.1) is 0 Å². The van der Waals surface area contributed by atoms with Crippen molar-refractivity contribution >= 4 is 17.5 Å². The zero-order valence-corrected chi connectivity index (χ0v) is 13.2. The molecular weight excluding hydrogens is 295 g/mol. The van der Waals surface area contributed by atoms with E-state index in [2.05, 4.69) is 10.6 Å². The molecular formula is C18H19FN2O2. The first-order chi connectivity index (χ1) is 10.9. The second kappa shape index (κ2) is 7.54. The quantitative estimate of drug-likeness (QED) is 0.833. The average Bonchev–Trinajstić information content (AvgIpc) is 2.45. The Balaban J connectivity index is 1.82. The third-order valence-corrected chi connectivity index (χ3v) is 3.23. The third-order valence-electron chi connectivity index (χ3n) is 3.23. The van der Waals surface area contributed by atoms with E-state index >= 15 is 0 Å². The maximum absolute atomic E-state index is 12.8. The van der Waals surface area contributed by atoms with Crippen molar-refractivity contribution in [1.82, 2.24) is 5.32 Å². The monoisotopic (exact) mass is 314 g/mol. The maximum Gasteiger partial charge on any atom is 0.233 e. The van der Waals surface area contributed by atoms with Gasteiger partial charge in [0.25, 0.3) is 0 Å². The number of benzene rings is 2. The van der Waals surface area contributed by atoms with Crippen LogP contribution in [0.5, 0.6) is 0 Å². The first-order valence-corrected chi connectivity index (χ1v) is 7.31. The highest BCUT2D eigenvalue weighted by Gasteiger charge is 2.10. The minimum atomic E-state index is -0.379. The van der Waals surface area contributed by atoms with Crippen LogP contribution < -0.4 is 10.6 Å². The molecule has 2 rings (SSSR count). The molecule has 0 radical (unpaired) electrons. The van der Waals surface area contributed by atoms with Crippen molar-refractivity contribution in [1.29, 1.82) is 0 Å². The molecule has 0 aliphatic heterocycles. The van der Waals surface area contributed by atoms with Gasteiger partial charge in [-0.05, 0) is 54.8 Å². The lowest BCUT2D eigenvalue weighted by Crippen LogP contribution is -2.27. The van der Waals surface area contributed by atoms with Crippen LogP contribution in [0.15, 0.2) is 42.5 Å². The summed E-state index contributed by atoms with van der Waals surface area (Å²) in [5.41, 5.74) is 3.54. The summed E-state index contributed by atoms with van der Waals surface area (Å²) in [6.45, 7) is 4.14. The van der Waals surface area contributed by atoms with E-state index in [-0.39, 0.29) is 30.6 Å². The molecule has 2 N–H and O–H groups in total. The molecule has 0 spiro atoms. The third kappa shape index (κ3) is 5.54. The molecule has 0 bridgehead atoms. The predicted octanol–water partition coefficient (Wildman–Crippen LogP) is 3.09. The van der Waals surface area contributed by atoms with Crippen LogP contribution in [0.3, 0.4) is 0 Å². The Labute approximate surface area is 134 Å². The molecule has 2 aromatic carbocycles. The molecule has 0 atom stereocenters. The summed E-state index contributed by atoms with van der Waals surface area (Å²) in [4.78, 5) is 23.7. The van der Waals surface area contributed by atoms with Gasteiger partial charge < -0.3 is 10.6 Å². The largest absolute Gasteiger partial charge is 0.352 e. The highest BCUT2D eigenvalue weighted by atomic mass is 19.1. The number of nitrogens with one attached hydrogen (secondary N) is 2. The standard InChI is InChI=1S/C18H19FN2O2/c1-12-7-13(2)9-16(8-12)21-18(23)10-17(22)20-11-14-3-5-15(19)6-4-14/h3-9H,10-11H2,1-2H3,(H,20,22)(H,21,23). The van der Waals surface area contributed by atoms with Gasteiger partial charge in [-0.15, -0.1) is 0 Å². The summed E-state index contributed by atoms with van der Waals surface area (Å²) in [6.07, 6.45) is -0.256. The number of aryl methyl sites for hydroxylation is 2. The molecule has 2 aromatic rings. The minimum Gasteiger partial charge on any atom is -0.352 e. The van der Waals surface area contributed by atoms with Crippen LogP contribution in [0.4, 0.5) is 10.1 Å². The van der Waals surface area contributed by atoms with Gasteiger partial charge in [0.2, 0.25) is 11.8 Å². The molecule has 0 saturated heterocycles. The van der Waals surface area contributed by atoms with Crippen molar-refractivity contribution in [2.24, 2.45) is 0 Å². The van der Waals surface area contributed by atoms with Gasteiger partial charge in [-0.3, -0.25) is 9.59 Å². The number of amides is 2. The normalized spacial score (nSPS) is 10.2. The van der Waals surface area contributed by atoms with Gasteiger partial charge in [-0.25, -0.2) is 4.39 Å². The molecule has 0 aliphatic rings. The number of anilines is 1. The van der Waals surface area contributed by atoms with E-state index in [9.17, 15) is 14.0 Å². The Morgan fingerprint density at radius 1 is 0.957 bits per heavy atom. The second-order valence-corrected chi connectivity index (χ2v) is 5.50. The van der Waals surface area contributed by atoms with Crippen molar-refractivity contribution in [2.45, 2.75) is 26.8 Å². The van der Waals surface area contributed by atoms with E-state index in [1.54, 1.807) is 12.1 Å². The maximum atomic E-state index is 12.8. The van der Waals surface area contributed by atoms with E-state index in [1.165, 1.54) is 12.1 Å². The van der Waals surface area contributed by atoms with Gasteiger partial charge in [0, 0.05) is 12.2 Å². The fraction of sp³-hybridized carbons (Fsp3) is 0.222. The van der Waals surface area contributed by atoms with E-state index in [1.807, 2.05) is 32.0 Å². The van der Waals surface area contributed by atoms with Crippen molar-refractivity contribution < 1.29 is 14.0 Å². The lowest BCUT2D eigenvalue weighted by atomic mass is 10.1. The predicted molar refractivity (Wildman–Crippen MR) is 87.4 cm³/mol. The van der Waals surface area contributed by atoms with Crippen molar-refractivity contribution in [3.63, 3.8) is 0 Å². The van der Waals surface area contributed by atoms with Crippen LogP contribution in [-0.4, -0.2) is 11.8 Å². The van der Waals surface area contributed by atoms with Crippen molar-refractivity contribution in [3.05, 3.63) is 65.0 Å². The zero-order chi connectivity index (χ0) is 16.8. The highest BCUT2D eigenvalue weighted by Crippen LogP contribution is 2.13. The van der Waals surface area contributed by atoms with Gasteiger partial charge >= 0.3 is 0 Å². The topological polar surface area (TPSA) is 58.2 Å². The molecule has 4 nitrogen and oxygen atoms in total. The molecule has 0 aliphatic carbocycles. The second-order valence-electron chi connectivity index (χ2n) is 5.50. The number of hydrogen-bond acceptors (Lipinski definition) is 2. The summed E-state index contributed by atoms with van der Waals surface area (Å²) < 4.78 is 12.8. The van der Waals surface area contributed by atoms with Crippen LogP contribution in [-0.2, 0) is 16.1 Å². The molecule has 0 saturated carbocycles. The Hall–Kier alpha value is -2.69. The summed E-state index contributed by atoms with van der Waals surface area (Å²) in [6, 6.07) is 11.5. The fourth-order valence-corrected chi connectivity index (χ4v) is 2.26. The average molecular weight is 314 g/mol. The summed E-state index contributed by atoms with van der Waals surface area (Å²) in [7, 11) is 0. The molecule has 120 valence electrons. The van der Waals surface area contributed by atoms with Crippen LogP contribution in [0, 0.1) is 19.7 Å². The van der Waals surface area contributed by atoms with Gasteiger partial charge in [-0.1, -0.05) is 18.2 Å². The summed E-state index contributed by atoms with van der Waals surface area (Å²) in [5.74, 6) is -1.07. The Morgan fingerprint density at radius 2 is 1.57 bits per heavy atom. The molecule has 2 amide bonds. The Morgan fingerprint density at radius 3 is 2.17 bits per heavy atom. The zero-order valence-electron chi connectivity index (χ0n) is 13.2. The number of halogens is 1. The lowest BCUT2D eigenvalue weighted by molar-refractivity contribution is -0.126. The smallest absolute Gasteiger partial charge is 0.233 e. The Bertz CT molecular complexity index is 691. The molecule has 0 unspecified atom stereocenters. The number of hydrogen-bond donors (Lipinski definition) is 2. The van der Waals surface area contributed by atoms with Crippen LogP contribution in [0.25, 0.3) is 0 Å². The lowest BCUT2D eigenvalue weighted by Gasteiger charge is -2.08. The van der Waals surface area contributed by atoms with E-state index in [4.69, 9.17) is 0 Å².